The van der Waals surface area contributed by atoms with Gasteiger partial charge in [-0.05, 0) is 59.3 Å². The van der Waals surface area contributed by atoms with Crippen molar-refractivity contribution in [3.8, 4) is 5.75 Å². The third kappa shape index (κ3) is 3.86. The maximum Gasteiger partial charge on any atom is 0.177 e. The summed E-state index contributed by atoms with van der Waals surface area (Å²) >= 11 is 2.53. The molecular formula is C20H19IN2O2. The molecule has 1 heterocycles. The van der Waals surface area contributed by atoms with Crippen molar-refractivity contribution >= 4 is 39.2 Å². The van der Waals surface area contributed by atoms with Crippen molar-refractivity contribution in [2.24, 2.45) is 0 Å². The highest BCUT2D eigenvalue weighted by atomic mass is 127. The number of halogens is 1. The lowest BCUT2D eigenvalue weighted by Crippen LogP contribution is -2.24. The Hall–Kier alpha value is -1.89. The summed E-state index contributed by atoms with van der Waals surface area (Å²) in [6.45, 7) is 0. The van der Waals surface area contributed by atoms with Crippen LogP contribution in [0.3, 0.4) is 0 Å². The van der Waals surface area contributed by atoms with Gasteiger partial charge in [0.05, 0.1) is 6.10 Å². The zero-order valence-electron chi connectivity index (χ0n) is 13.8. The summed E-state index contributed by atoms with van der Waals surface area (Å²) < 4.78 is 12.0. The first-order valence-electron chi connectivity index (χ1n) is 8.59. The van der Waals surface area contributed by atoms with Crippen molar-refractivity contribution in [1.82, 2.24) is 10.3 Å². The first-order chi connectivity index (χ1) is 12.3. The van der Waals surface area contributed by atoms with Crippen LogP contribution in [0.4, 0.5) is 0 Å². The zero-order valence-corrected chi connectivity index (χ0v) is 15.9. The summed E-state index contributed by atoms with van der Waals surface area (Å²) in [5, 5.41) is 8.07. The Morgan fingerprint density at radius 1 is 0.960 bits per heavy atom. The van der Waals surface area contributed by atoms with Gasteiger partial charge in [0.1, 0.15) is 5.52 Å². The fourth-order valence-corrected chi connectivity index (χ4v) is 3.91. The van der Waals surface area contributed by atoms with Crippen LogP contribution in [-0.2, 0) is 0 Å². The summed E-state index contributed by atoms with van der Waals surface area (Å²) in [5.41, 5.74) is 3.58. The topological polar surface area (TPSA) is 48.2 Å². The smallest absolute Gasteiger partial charge is 0.177 e. The molecule has 1 aromatic carbocycles. The summed E-state index contributed by atoms with van der Waals surface area (Å²) in [4.78, 5) is 0. The summed E-state index contributed by atoms with van der Waals surface area (Å²) in [6.07, 6.45) is 19.1. The van der Waals surface area contributed by atoms with E-state index in [9.17, 15) is 0 Å². The molecule has 1 aromatic heterocycles. The van der Waals surface area contributed by atoms with E-state index in [1.165, 1.54) is 12.8 Å². The highest BCUT2D eigenvalue weighted by Gasteiger charge is 2.22. The van der Waals surface area contributed by atoms with E-state index in [1.54, 1.807) is 0 Å². The molecule has 4 rings (SSSR count). The van der Waals surface area contributed by atoms with Crippen LogP contribution in [0.5, 0.6) is 5.75 Å². The highest BCUT2D eigenvalue weighted by Crippen LogP contribution is 2.33. The van der Waals surface area contributed by atoms with Crippen molar-refractivity contribution in [2.75, 3.05) is 0 Å². The Kier molecular flexibility index (Phi) is 5.01. The van der Waals surface area contributed by atoms with E-state index < -0.39 is 0 Å². The van der Waals surface area contributed by atoms with E-state index >= 15 is 0 Å². The van der Waals surface area contributed by atoms with Crippen molar-refractivity contribution in [3.05, 3.63) is 60.2 Å². The molecular weight excluding hydrogens is 427 g/mol. The SMILES string of the molecule is I[C@H]1CC[C@@H](Oc2cc(C3=C/C=C\C=C/C=C\3)cc3nonc23)CC1. The lowest BCUT2D eigenvalue weighted by molar-refractivity contribution is 0.160. The minimum atomic E-state index is 0.242. The molecule has 1 fully saturated rings. The van der Waals surface area contributed by atoms with Gasteiger partial charge in [-0.2, -0.15) is 0 Å². The Bertz CT molecular complexity index is 871. The molecule has 2 aliphatic rings. The molecule has 25 heavy (non-hydrogen) atoms. The number of rotatable bonds is 3. The van der Waals surface area contributed by atoms with Gasteiger partial charge < -0.3 is 4.74 Å². The average molecular weight is 446 g/mol. The van der Waals surface area contributed by atoms with Gasteiger partial charge in [0, 0.05) is 3.92 Å². The number of allylic oxidation sites excluding steroid dienone is 8. The van der Waals surface area contributed by atoms with Crippen LogP contribution >= 0.6 is 22.6 Å². The maximum atomic E-state index is 6.31. The monoisotopic (exact) mass is 446 g/mol. The van der Waals surface area contributed by atoms with Gasteiger partial charge in [0.2, 0.25) is 0 Å². The van der Waals surface area contributed by atoms with Crippen LogP contribution in [0.2, 0.25) is 0 Å². The molecule has 0 unspecified atom stereocenters. The molecule has 1 saturated carbocycles. The summed E-state index contributed by atoms with van der Waals surface area (Å²) in [6, 6.07) is 4.05. The first kappa shape index (κ1) is 16.6. The third-order valence-corrected chi connectivity index (χ3v) is 5.80. The number of benzene rings is 1. The third-order valence-electron chi connectivity index (χ3n) is 4.55. The molecule has 0 atom stereocenters. The van der Waals surface area contributed by atoms with Crippen molar-refractivity contribution in [3.63, 3.8) is 0 Å². The number of fused-ring (bicyclic) bond motifs is 1. The van der Waals surface area contributed by atoms with Gasteiger partial charge in [-0.15, -0.1) is 0 Å². The molecule has 2 aromatic rings. The van der Waals surface area contributed by atoms with Gasteiger partial charge in [-0.1, -0.05) is 65.1 Å². The van der Waals surface area contributed by atoms with Crippen molar-refractivity contribution in [1.29, 1.82) is 0 Å². The van der Waals surface area contributed by atoms with Crippen LogP contribution in [0.25, 0.3) is 16.6 Å². The molecule has 0 saturated heterocycles. The van der Waals surface area contributed by atoms with Crippen LogP contribution < -0.4 is 4.74 Å². The molecule has 0 bridgehead atoms. The second kappa shape index (κ2) is 7.56. The lowest BCUT2D eigenvalue weighted by atomic mass is 9.97. The highest BCUT2D eigenvalue weighted by molar-refractivity contribution is 14.1. The number of alkyl halides is 1. The molecule has 4 nitrogen and oxygen atoms in total. The zero-order chi connectivity index (χ0) is 17.1. The lowest BCUT2D eigenvalue weighted by Gasteiger charge is -2.26. The Balaban J connectivity index is 1.67. The van der Waals surface area contributed by atoms with Gasteiger partial charge in [-0.25, -0.2) is 4.63 Å². The van der Waals surface area contributed by atoms with E-state index in [2.05, 4.69) is 51.1 Å². The van der Waals surface area contributed by atoms with Crippen molar-refractivity contribution < 1.29 is 9.37 Å². The van der Waals surface area contributed by atoms with Gasteiger partial charge in [-0.3, -0.25) is 0 Å². The Morgan fingerprint density at radius 2 is 1.76 bits per heavy atom. The van der Waals surface area contributed by atoms with E-state index in [0.29, 0.717) is 5.52 Å². The van der Waals surface area contributed by atoms with E-state index in [0.717, 1.165) is 39.2 Å². The summed E-state index contributed by atoms with van der Waals surface area (Å²) in [7, 11) is 0. The second-order valence-corrected chi connectivity index (χ2v) is 8.11. The minimum Gasteiger partial charge on any atom is -0.488 e. The fourth-order valence-electron chi connectivity index (χ4n) is 3.19. The molecule has 0 N–H and O–H groups in total. The predicted molar refractivity (Wildman–Crippen MR) is 108 cm³/mol. The van der Waals surface area contributed by atoms with E-state index in [4.69, 9.17) is 9.37 Å². The molecule has 0 radical (unpaired) electrons. The molecule has 128 valence electrons. The van der Waals surface area contributed by atoms with Crippen LogP contribution in [0.1, 0.15) is 31.2 Å². The average Bonchev–Trinajstić information content (AvgIpc) is 3.05. The number of hydrogen-bond donors (Lipinski definition) is 0. The Labute approximate surface area is 160 Å². The van der Waals surface area contributed by atoms with Gasteiger partial charge in [0.25, 0.3) is 0 Å². The fraction of sp³-hybridized carbons (Fsp3) is 0.300. The number of aromatic nitrogens is 2. The predicted octanol–water partition coefficient (Wildman–Crippen LogP) is 5.41. The standard InChI is InChI=1S/C20H19IN2O2/c21-16-8-10-17(11-9-16)24-19-13-15(12-18-20(19)23-25-22-18)14-6-4-2-1-3-5-7-14/h1-7,12-13,16-17H,8-11H2/b2-1-,3-1?,4-2?,5-3-,6-4-,7-5?,14-6?,14-7+/t16-,17+. The van der Waals surface area contributed by atoms with Gasteiger partial charge in [0.15, 0.2) is 11.3 Å². The quantitative estimate of drug-likeness (QED) is 0.467. The molecule has 2 aliphatic carbocycles. The molecule has 0 aliphatic heterocycles. The minimum absolute atomic E-state index is 0.242. The number of ether oxygens (including phenoxy) is 1. The normalized spacial score (nSPS) is 29.2. The maximum absolute atomic E-state index is 6.31. The number of nitrogens with zero attached hydrogens (tertiary/aromatic N) is 2. The van der Waals surface area contributed by atoms with Crippen LogP contribution in [0, 0.1) is 0 Å². The van der Waals surface area contributed by atoms with Crippen LogP contribution in [-0.4, -0.2) is 20.3 Å². The second-order valence-electron chi connectivity index (χ2n) is 6.35. The van der Waals surface area contributed by atoms with Gasteiger partial charge >= 0.3 is 0 Å². The summed E-state index contributed by atoms with van der Waals surface area (Å²) in [5.74, 6) is 0.765. The van der Waals surface area contributed by atoms with Crippen LogP contribution in [0.15, 0.2) is 59.3 Å². The molecule has 0 amide bonds. The molecule has 5 heteroatoms. The largest absolute Gasteiger partial charge is 0.488 e. The van der Waals surface area contributed by atoms with E-state index in [1.807, 2.05) is 36.4 Å². The Morgan fingerprint density at radius 3 is 2.64 bits per heavy atom. The van der Waals surface area contributed by atoms with Crippen molar-refractivity contribution in [2.45, 2.75) is 35.7 Å². The number of hydrogen-bond acceptors (Lipinski definition) is 4. The molecule has 0 spiro atoms. The first-order valence-corrected chi connectivity index (χ1v) is 9.83. The van der Waals surface area contributed by atoms with E-state index in [-0.39, 0.29) is 6.10 Å².